The Labute approximate surface area is 130 Å². The standard InChI is InChI=1S/C19H21NO2/c1-11(2)15-10-22-19(21)18(15)12(3)17-13(4)20(5)16-9-7-6-8-14(16)17/h6-9H,10H2,1-5H3/b18-12-. The van der Waals surface area contributed by atoms with Crippen LogP contribution in [0.5, 0.6) is 0 Å². The van der Waals surface area contributed by atoms with E-state index < -0.39 is 0 Å². The van der Waals surface area contributed by atoms with E-state index in [2.05, 4.69) is 30.7 Å². The maximum Gasteiger partial charge on any atom is 0.339 e. The van der Waals surface area contributed by atoms with E-state index in [4.69, 9.17) is 4.74 Å². The Morgan fingerprint density at radius 1 is 1.18 bits per heavy atom. The second kappa shape index (κ2) is 5.16. The van der Waals surface area contributed by atoms with Crippen molar-refractivity contribution in [3.63, 3.8) is 0 Å². The molecule has 1 aliphatic heterocycles. The van der Waals surface area contributed by atoms with Gasteiger partial charge in [0, 0.05) is 34.8 Å². The molecule has 0 atom stereocenters. The summed E-state index contributed by atoms with van der Waals surface area (Å²) < 4.78 is 7.46. The van der Waals surface area contributed by atoms with Crippen molar-refractivity contribution >= 4 is 22.4 Å². The Balaban J connectivity index is 2.36. The first-order valence-corrected chi connectivity index (χ1v) is 7.52. The fraction of sp³-hybridized carbons (Fsp3) is 0.316. The topological polar surface area (TPSA) is 31.2 Å². The van der Waals surface area contributed by atoms with Crippen LogP contribution in [0.1, 0.15) is 32.0 Å². The van der Waals surface area contributed by atoms with Gasteiger partial charge in [-0.25, -0.2) is 4.79 Å². The highest BCUT2D eigenvalue weighted by Gasteiger charge is 2.29. The zero-order valence-electron chi connectivity index (χ0n) is 13.8. The third kappa shape index (κ3) is 2.00. The van der Waals surface area contributed by atoms with Gasteiger partial charge in [0.1, 0.15) is 6.61 Å². The molecule has 3 heteroatoms. The lowest BCUT2D eigenvalue weighted by Gasteiger charge is -2.08. The summed E-state index contributed by atoms with van der Waals surface area (Å²) in [6, 6.07) is 8.31. The van der Waals surface area contributed by atoms with Gasteiger partial charge in [0.15, 0.2) is 0 Å². The van der Waals surface area contributed by atoms with Gasteiger partial charge in [-0.2, -0.15) is 0 Å². The van der Waals surface area contributed by atoms with Gasteiger partial charge < -0.3 is 9.30 Å². The number of nitrogens with zero attached hydrogens (tertiary/aromatic N) is 1. The van der Waals surface area contributed by atoms with Gasteiger partial charge in [0.05, 0.1) is 5.57 Å². The maximum atomic E-state index is 12.2. The average Bonchev–Trinajstić information content (AvgIpc) is 2.99. The first-order chi connectivity index (χ1) is 10.4. The Hall–Kier alpha value is -2.29. The molecule has 2 heterocycles. The Bertz CT molecular complexity index is 846. The summed E-state index contributed by atoms with van der Waals surface area (Å²) in [4.78, 5) is 12.2. The molecule has 22 heavy (non-hydrogen) atoms. The number of carbonyl (C=O) groups excluding carboxylic acids is 1. The van der Waals surface area contributed by atoms with E-state index in [1.165, 1.54) is 16.6 Å². The van der Waals surface area contributed by atoms with Crippen LogP contribution in [0, 0.1) is 6.92 Å². The summed E-state index contributed by atoms with van der Waals surface area (Å²) in [5.74, 6) is -0.207. The lowest BCUT2D eigenvalue weighted by atomic mass is 9.93. The lowest BCUT2D eigenvalue weighted by molar-refractivity contribution is -0.134. The van der Waals surface area contributed by atoms with Gasteiger partial charge in [-0.3, -0.25) is 0 Å². The molecule has 3 rings (SSSR count). The molecule has 0 radical (unpaired) electrons. The highest BCUT2D eigenvalue weighted by Crippen LogP contribution is 2.36. The number of esters is 1. The summed E-state index contributed by atoms with van der Waals surface area (Å²) in [6.07, 6.45) is 0. The molecule has 1 aliphatic rings. The van der Waals surface area contributed by atoms with E-state index in [1.54, 1.807) is 0 Å². The van der Waals surface area contributed by atoms with Crippen molar-refractivity contribution in [3.05, 3.63) is 52.2 Å². The number of rotatable bonds is 1. The number of para-hydroxylation sites is 1. The van der Waals surface area contributed by atoms with E-state index in [0.29, 0.717) is 6.61 Å². The van der Waals surface area contributed by atoms with Crippen LogP contribution >= 0.6 is 0 Å². The molecule has 2 aromatic rings. The lowest BCUT2D eigenvalue weighted by Crippen LogP contribution is -2.00. The van der Waals surface area contributed by atoms with E-state index in [9.17, 15) is 4.79 Å². The van der Waals surface area contributed by atoms with Crippen molar-refractivity contribution in [1.82, 2.24) is 4.57 Å². The third-order valence-electron chi connectivity index (χ3n) is 4.61. The van der Waals surface area contributed by atoms with Crippen LogP contribution in [-0.2, 0) is 16.6 Å². The first-order valence-electron chi connectivity index (χ1n) is 7.52. The third-order valence-corrected chi connectivity index (χ3v) is 4.61. The Morgan fingerprint density at radius 2 is 1.86 bits per heavy atom. The summed E-state index contributed by atoms with van der Waals surface area (Å²) in [7, 11) is 2.06. The summed E-state index contributed by atoms with van der Waals surface area (Å²) >= 11 is 0. The fourth-order valence-corrected chi connectivity index (χ4v) is 3.30. The number of benzene rings is 1. The summed E-state index contributed by atoms with van der Waals surface area (Å²) in [5.41, 5.74) is 7.39. The van der Waals surface area contributed by atoms with E-state index in [-0.39, 0.29) is 5.97 Å². The van der Waals surface area contributed by atoms with Gasteiger partial charge in [-0.05, 0) is 39.3 Å². The van der Waals surface area contributed by atoms with Gasteiger partial charge in [-0.15, -0.1) is 0 Å². The van der Waals surface area contributed by atoms with Gasteiger partial charge >= 0.3 is 5.97 Å². The molecule has 0 aliphatic carbocycles. The minimum atomic E-state index is -0.207. The quantitative estimate of drug-likeness (QED) is 0.584. The van der Waals surface area contributed by atoms with Crippen LogP contribution in [0.2, 0.25) is 0 Å². The molecular weight excluding hydrogens is 274 g/mol. The summed E-state index contributed by atoms with van der Waals surface area (Å²) in [5, 5.41) is 1.18. The van der Waals surface area contributed by atoms with Gasteiger partial charge in [0.2, 0.25) is 0 Å². The molecule has 1 aromatic carbocycles. The number of fused-ring (bicyclic) bond motifs is 1. The number of aryl methyl sites for hydroxylation is 1. The molecule has 0 unspecified atom stereocenters. The zero-order valence-corrected chi connectivity index (χ0v) is 13.8. The molecular formula is C19H21NO2. The van der Waals surface area contributed by atoms with E-state index in [0.717, 1.165) is 27.9 Å². The predicted octanol–water partition coefficient (Wildman–Crippen LogP) is 4.15. The molecule has 1 fully saturated rings. The van der Waals surface area contributed by atoms with E-state index >= 15 is 0 Å². The average molecular weight is 295 g/mol. The predicted molar refractivity (Wildman–Crippen MR) is 89.6 cm³/mol. The number of hydrogen-bond acceptors (Lipinski definition) is 2. The van der Waals surface area contributed by atoms with Gasteiger partial charge in [0.25, 0.3) is 0 Å². The molecule has 114 valence electrons. The second-order valence-corrected chi connectivity index (χ2v) is 6.09. The summed E-state index contributed by atoms with van der Waals surface area (Å²) in [6.45, 7) is 8.57. The van der Waals surface area contributed by atoms with Crippen LogP contribution in [0.25, 0.3) is 16.5 Å². The fourth-order valence-electron chi connectivity index (χ4n) is 3.30. The van der Waals surface area contributed by atoms with E-state index in [1.807, 2.05) is 32.9 Å². The van der Waals surface area contributed by atoms with Crippen molar-refractivity contribution in [2.45, 2.75) is 27.7 Å². The number of hydrogen-bond donors (Lipinski definition) is 0. The number of allylic oxidation sites excluding steroid dienone is 2. The molecule has 0 saturated carbocycles. The van der Waals surface area contributed by atoms with Gasteiger partial charge in [-0.1, -0.05) is 23.8 Å². The SMILES string of the molecule is CC(C)=C1COC(=O)/C1=C(/C)c1c(C)n(C)c2ccccc12. The van der Waals surface area contributed by atoms with Crippen LogP contribution in [-0.4, -0.2) is 17.1 Å². The van der Waals surface area contributed by atoms with Crippen molar-refractivity contribution in [3.8, 4) is 0 Å². The highest BCUT2D eigenvalue weighted by molar-refractivity contribution is 6.08. The van der Waals surface area contributed by atoms with Crippen molar-refractivity contribution in [2.75, 3.05) is 6.61 Å². The molecule has 0 amide bonds. The largest absolute Gasteiger partial charge is 0.457 e. The van der Waals surface area contributed by atoms with Crippen LogP contribution in [0.4, 0.5) is 0 Å². The number of ether oxygens (including phenoxy) is 1. The minimum absolute atomic E-state index is 0.207. The van der Waals surface area contributed by atoms with Crippen LogP contribution in [0.15, 0.2) is 41.0 Å². The molecule has 0 N–H and O–H groups in total. The molecule has 3 nitrogen and oxygen atoms in total. The molecule has 0 spiro atoms. The molecule has 1 saturated heterocycles. The van der Waals surface area contributed by atoms with Crippen molar-refractivity contribution < 1.29 is 9.53 Å². The number of cyclic esters (lactones) is 1. The van der Waals surface area contributed by atoms with Crippen molar-refractivity contribution in [2.24, 2.45) is 7.05 Å². The Kier molecular flexibility index (Phi) is 3.44. The first kappa shape index (κ1) is 14.6. The normalized spacial score (nSPS) is 17.1. The smallest absolute Gasteiger partial charge is 0.339 e. The maximum absolute atomic E-state index is 12.2. The zero-order chi connectivity index (χ0) is 16.0. The second-order valence-electron chi connectivity index (χ2n) is 6.09. The van der Waals surface area contributed by atoms with Crippen LogP contribution in [0.3, 0.4) is 0 Å². The molecule has 1 aromatic heterocycles. The van der Waals surface area contributed by atoms with Crippen molar-refractivity contribution in [1.29, 1.82) is 0 Å². The number of carbonyl (C=O) groups is 1. The molecule has 0 bridgehead atoms. The number of aromatic nitrogens is 1. The monoisotopic (exact) mass is 295 g/mol. The minimum Gasteiger partial charge on any atom is -0.457 e. The highest BCUT2D eigenvalue weighted by atomic mass is 16.5. The Morgan fingerprint density at radius 3 is 2.55 bits per heavy atom. The van der Waals surface area contributed by atoms with Crippen LogP contribution < -0.4 is 0 Å².